The Morgan fingerprint density at radius 2 is 1.85 bits per heavy atom. The lowest BCUT2D eigenvalue weighted by Gasteiger charge is -2.31. The van der Waals surface area contributed by atoms with Crippen molar-refractivity contribution in [2.24, 2.45) is 5.73 Å². The Morgan fingerprint density at radius 3 is 2.45 bits per heavy atom. The summed E-state index contributed by atoms with van der Waals surface area (Å²) in [6.45, 7) is 1.05. The summed E-state index contributed by atoms with van der Waals surface area (Å²) in [6.07, 6.45) is 9.14. The number of fused-ring (bicyclic) bond motifs is 1. The fourth-order valence-electron chi connectivity index (χ4n) is 4.41. The van der Waals surface area contributed by atoms with Crippen molar-refractivity contribution in [1.82, 2.24) is 24.2 Å². The summed E-state index contributed by atoms with van der Waals surface area (Å²) in [4.78, 5) is 26.1. The van der Waals surface area contributed by atoms with E-state index in [0.29, 0.717) is 18.1 Å². The van der Waals surface area contributed by atoms with Gasteiger partial charge in [0.05, 0.1) is 11.7 Å². The maximum atomic E-state index is 11.6. The molecule has 0 aliphatic carbocycles. The van der Waals surface area contributed by atoms with Gasteiger partial charge in [0, 0.05) is 53.3 Å². The van der Waals surface area contributed by atoms with Gasteiger partial charge in [-0.15, -0.1) is 0 Å². The predicted molar refractivity (Wildman–Crippen MR) is 125 cm³/mol. The van der Waals surface area contributed by atoms with Crippen molar-refractivity contribution in [3.63, 3.8) is 0 Å². The van der Waals surface area contributed by atoms with Gasteiger partial charge in [-0.2, -0.15) is 5.10 Å². The molecule has 4 heterocycles. The zero-order chi connectivity index (χ0) is 23.4. The van der Waals surface area contributed by atoms with Crippen LogP contribution in [0.3, 0.4) is 0 Å². The molecule has 5 rings (SSSR count). The SMILES string of the molecule is NC(=O)N1CCC(c2c(-n3cccn3)n(-c3ccc(Cl)cc3)c3cnccc23)CC1.O=CO. The Bertz CT molecular complexity index is 1250. The molecule has 1 aliphatic rings. The molecule has 0 radical (unpaired) electrons. The van der Waals surface area contributed by atoms with E-state index in [-0.39, 0.29) is 18.4 Å². The first-order valence-corrected chi connectivity index (χ1v) is 10.8. The zero-order valence-electron chi connectivity index (χ0n) is 17.7. The lowest BCUT2D eigenvalue weighted by Crippen LogP contribution is -2.41. The summed E-state index contributed by atoms with van der Waals surface area (Å²) >= 11 is 6.14. The third-order valence-electron chi connectivity index (χ3n) is 5.80. The number of amides is 2. The number of benzene rings is 1. The van der Waals surface area contributed by atoms with E-state index in [1.165, 1.54) is 5.56 Å². The Labute approximate surface area is 195 Å². The number of aromatic nitrogens is 4. The van der Waals surface area contributed by atoms with Crippen molar-refractivity contribution in [2.75, 3.05) is 13.1 Å². The molecule has 0 atom stereocenters. The molecule has 1 fully saturated rings. The number of carbonyl (C=O) groups excluding carboxylic acids is 1. The van der Waals surface area contributed by atoms with E-state index in [1.807, 2.05) is 53.6 Å². The zero-order valence-corrected chi connectivity index (χ0v) is 18.5. The second-order valence-electron chi connectivity index (χ2n) is 7.60. The first-order valence-electron chi connectivity index (χ1n) is 10.4. The molecule has 33 heavy (non-hydrogen) atoms. The van der Waals surface area contributed by atoms with Crippen LogP contribution in [0.15, 0.2) is 61.2 Å². The molecule has 4 aromatic rings. The number of halogens is 1. The average molecular weight is 467 g/mol. The van der Waals surface area contributed by atoms with Crippen LogP contribution < -0.4 is 5.73 Å². The number of primary amides is 1. The molecule has 2 amide bonds. The van der Waals surface area contributed by atoms with E-state index in [0.717, 1.165) is 35.2 Å². The van der Waals surface area contributed by atoms with Gasteiger partial charge in [0.1, 0.15) is 5.82 Å². The van der Waals surface area contributed by atoms with Crippen molar-refractivity contribution in [1.29, 1.82) is 0 Å². The molecule has 1 aromatic carbocycles. The molecule has 3 aromatic heterocycles. The minimum Gasteiger partial charge on any atom is -0.483 e. The molecular formula is C23H23ClN6O3. The summed E-state index contributed by atoms with van der Waals surface area (Å²) in [5, 5.41) is 13.3. The number of likely N-dealkylation sites (tertiary alicyclic amines) is 1. The number of piperidine rings is 1. The highest BCUT2D eigenvalue weighted by molar-refractivity contribution is 6.30. The molecule has 0 unspecified atom stereocenters. The van der Waals surface area contributed by atoms with Gasteiger partial charge in [-0.05, 0) is 55.2 Å². The Balaban J connectivity index is 0.000000821. The van der Waals surface area contributed by atoms with Gasteiger partial charge in [0.2, 0.25) is 0 Å². The number of carbonyl (C=O) groups is 2. The van der Waals surface area contributed by atoms with Gasteiger partial charge in [0.25, 0.3) is 6.47 Å². The lowest BCUT2D eigenvalue weighted by atomic mass is 9.88. The number of nitrogens with zero attached hydrogens (tertiary/aromatic N) is 5. The van der Waals surface area contributed by atoms with Crippen LogP contribution in [0.2, 0.25) is 5.02 Å². The third-order valence-corrected chi connectivity index (χ3v) is 6.06. The van der Waals surface area contributed by atoms with Crippen LogP contribution in [-0.4, -0.2) is 54.9 Å². The topological polar surface area (TPSA) is 119 Å². The van der Waals surface area contributed by atoms with Gasteiger partial charge >= 0.3 is 6.03 Å². The summed E-state index contributed by atoms with van der Waals surface area (Å²) in [5.74, 6) is 1.26. The normalized spacial score (nSPS) is 14.0. The Kier molecular flexibility index (Phi) is 6.60. The number of hydrogen-bond donors (Lipinski definition) is 2. The van der Waals surface area contributed by atoms with Gasteiger partial charge in [-0.25, -0.2) is 9.48 Å². The monoisotopic (exact) mass is 466 g/mol. The number of nitrogens with two attached hydrogens (primary N) is 1. The number of hydrogen-bond acceptors (Lipinski definition) is 4. The molecule has 0 saturated carbocycles. The van der Waals surface area contributed by atoms with E-state index in [2.05, 4.69) is 20.7 Å². The highest BCUT2D eigenvalue weighted by atomic mass is 35.5. The van der Waals surface area contributed by atoms with Gasteiger partial charge in [0.15, 0.2) is 0 Å². The molecular weight excluding hydrogens is 444 g/mol. The number of urea groups is 1. The minimum absolute atomic E-state index is 0.250. The highest BCUT2D eigenvalue weighted by Gasteiger charge is 2.30. The maximum Gasteiger partial charge on any atom is 0.314 e. The molecule has 1 saturated heterocycles. The van der Waals surface area contributed by atoms with E-state index < -0.39 is 0 Å². The number of pyridine rings is 1. The molecule has 0 spiro atoms. The Hall–Kier alpha value is -3.85. The van der Waals surface area contributed by atoms with Crippen LogP contribution in [0, 0.1) is 0 Å². The second-order valence-corrected chi connectivity index (χ2v) is 8.03. The fourth-order valence-corrected chi connectivity index (χ4v) is 4.54. The summed E-state index contributed by atoms with van der Waals surface area (Å²) in [5.41, 5.74) is 8.71. The van der Waals surface area contributed by atoms with E-state index >= 15 is 0 Å². The van der Waals surface area contributed by atoms with E-state index in [9.17, 15) is 4.79 Å². The molecule has 1 aliphatic heterocycles. The van der Waals surface area contributed by atoms with Gasteiger partial charge in [-0.3, -0.25) is 14.3 Å². The van der Waals surface area contributed by atoms with Crippen LogP contribution in [0.4, 0.5) is 4.79 Å². The Morgan fingerprint density at radius 1 is 1.15 bits per heavy atom. The molecule has 3 N–H and O–H groups in total. The minimum atomic E-state index is -0.353. The highest BCUT2D eigenvalue weighted by Crippen LogP contribution is 2.40. The quantitative estimate of drug-likeness (QED) is 0.445. The smallest absolute Gasteiger partial charge is 0.314 e. The summed E-state index contributed by atoms with van der Waals surface area (Å²) < 4.78 is 4.09. The third kappa shape index (κ3) is 4.40. The van der Waals surface area contributed by atoms with Crippen molar-refractivity contribution in [3.05, 3.63) is 71.8 Å². The predicted octanol–water partition coefficient (Wildman–Crippen LogP) is 3.82. The first kappa shape index (κ1) is 22.3. The lowest BCUT2D eigenvalue weighted by molar-refractivity contribution is -0.122. The van der Waals surface area contributed by atoms with Gasteiger partial charge < -0.3 is 15.7 Å². The molecule has 170 valence electrons. The average Bonchev–Trinajstić information content (AvgIpc) is 3.46. The van der Waals surface area contributed by atoms with Crippen molar-refractivity contribution in [2.45, 2.75) is 18.8 Å². The van der Waals surface area contributed by atoms with Crippen LogP contribution in [-0.2, 0) is 4.79 Å². The van der Waals surface area contributed by atoms with Crippen molar-refractivity contribution in [3.8, 4) is 11.5 Å². The van der Waals surface area contributed by atoms with Crippen molar-refractivity contribution >= 4 is 35.0 Å². The fraction of sp³-hybridized carbons (Fsp3) is 0.217. The standard InChI is InChI=1S/C22H21ClN6O.CH2O2/c23-16-2-4-17(5-3-16)29-19-14-25-10-6-18(19)20(21(29)28-11-1-9-26-28)15-7-12-27(13-8-15)22(24)30;2-1-3/h1-6,9-11,14-15H,7-8,12-13H2,(H2,24,30);1H,(H,2,3). The first-order chi connectivity index (χ1) is 16.0. The molecule has 0 bridgehead atoms. The second kappa shape index (κ2) is 9.74. The number of carboxylic acid groups (broad SMARTS) is 1. The van der Waals surface area contributed by atoms with E-state index in [4.69, 9.17) is 27.2 Å². The van der Waals surface area contributed by atoms with Crippen LogP contribution >= 0.6 is 11.6 Å². The summed E-state index contributed by atoms with van der Waals surface area (Å²) in [6, 6.07) is 11.4. The molecule has 10 heteroatoms. The van der Waals surface area contributed by atoms with Crippen LogP contribution in [0.1, 0.15) is 24.3 Å². The largest absolute Gasteiger partial charge is 0.483 e. The van der Waals surface area contributed by atoms with Gasteiger partial charge in [-0.1, -0.05) is 11.6 Å². The van der Waals surface area contributed by atoms with Crippen LogP contribution in [0.25, 0.3) is 22.4 Å². The number of rotatable bonds is 3. The summed E-state index contributed by atoms with van der Waals surface area (Å²) in [7, 11) is 0. The maximum absolute atomic E-state index is 11.6. The molecule has 9 nitrogen and oxygen atoms in total. The van der Waals surface area contributed by atoms with E-state index in [1.54, 1.807) is 11.1 Å². The van der Waals surface area contributed by atoms with Crippen molar-refractivity contribution < 1.29 is 14.7 Å². The van der Waals surface area contributed by atoms with Crippen LogP contribution in [0.5, 0.6) is 0 Å².